The van der Waals surface area contributed by atoms with E-state index in [2.05, 4.69) is 0 Å². The number of rotatable bonds is 2. The van der Waals surface area contributed by atoms with E-state index in [9.17, 15) is 0 Å². The first-order valence-corrected chi connectivity index (χ1v) is 4.37. The van der Waals surface area contributed by atoms with Crippen molar-refractivity contribution in [1.82, 2.24) is 0 Å². The van der Waals surface area contributed by atoms with Gasteiger partial charge >= 0.3 is 7.12 Å². The molecule has 1 aliphatic rings. The third-order valence-electron chi connectivity index (χ3n) is 2.57. The summed E-state index contributed by atoms with van der Waals surface area (Å²) in [7, 11) is -1.39. The van der Waals surface area contributed by atoms with Crippen LogP contribution in [0.2, 0.25) is 0 Å². The fourth-order valence-corrected chi connectivity index (χ4v) is 1.41. The van der Waals surface area contributed by atoms with Crippen LogP contribution in [0.1, 0.15) is 18.4 Å². The fourth-order valence-electron chi connectivity index (χ4n) is 1.41. The van der Waals surface area contributed by atoms with E-state index in [1.54, 1.807) is 12.1 Å². The summed E-state index contributed by atoms with van der Waals surface area (Å²) in [4.78, 5) is 0. The van der Waals surface area contributed by atoms with Crippen LogP contribution >= 0.6 is 12.4 Å². The molecular formula is C9H13BClNO2. The normalized spacial score (nSPS) is 17.1. The quantitative estimate of drug-likeness (QED) is 0.593. The van der Waals surface area contributed by atoms with Crippen LogP contribution in [0.4, 0.5) is 0 Å². The number of hydrogen-bond donors (Lipinski definition) is 3. The maximum Gasteiger partial charge on any atom is 0.488 e. The summed E-state index contributed by atoms with van der Waals surface area (Å²) in [5.74, 6) is 0. The van der Waals surface area contributed by atoms with Gasteiger partial charge in [0, 0.05) is 5.54 Å². The molecule has 0 amide bonds. The van der Waals surface area contributed by atoms with Crippen molar-refractivity contribution in [2.45, 2.75) is 18.4 Å². The Labute approximate surface area is 89.5 Å². The molecule has 1 saturated carbocycles. The van der Waals surface area contributed by atoms with Gasteiger partial charge in [0.25, 0.3) is 0 Å². The third kappa shape index (κ3) is 2.09. The Morgan fingerprint density at radius 3 is 2.00 bits per heavy atom. The average Bonchev–Trinajstić information content (AvgIpc) is 2.85. The lowest BCUT2D eigenvalue weighted by Crippen LogP contribution is -2.30. The highest BCUT2D eigenvalue weighted by Crippen LogP contribution is 2.42. The van der Waals surface area contributed by atoms with Gasteiger partial charge in [0.05, 0.1) is 0 Å². The molecule has 0 unspecified atom stereocenters. The summed E-state index contributed by atoms with van der Waals surface area (Å²) in [6, 6.07) is 7.13. The molecule has 14 heavy (non-hydrogen) atoms. The van der Waals surface area contributed by atoms with Gasteiger partial charge in [-0.25, -0.2) is 0 Å². The lowest BCUT2D eigenvalue weighted by Gasteiger charge is -2.09. The zero-order valence-electron chi connectivity index (χ0n) is 7.68. The summed E-state index contributed by atoms with van der Waals surface area (Å²) < 4.78 is 0. The molecule has 0 aliphatic heterocycles. The van der Waals surface area contributed by atoms with Crippen molar-refractivity contribution in [3.8, 4) is 0 Å². The van der Waals surface area contributed by atoms with Crippen LogP contribution in [0, 0.1) is 0 Å². The number of hydrogen-bond acceptors (Lipinski definition) is 3. The van der Waals surface area contributed by atoms with E-state index < -0.39 is 7.12 Å². The second-order valence-corrected chi connectivity index (χ2v) is 3.65. The highest BCUT2D eigenvalue weighted by Gasteiger charge is 2.39. The minimum Gasteiger partial charge on any atom is -0.423 e. The van der Waals surface area contributed by atoms with Crippen molar-refractivity contribution in [2.24, 2.45) is 5.73 Å². The number of nitrogens with two attached hydrogens (primary N) is 1. The van der Waals surface area contributed by atoms with Crippen LogP contribution in [0.3, 0.4) is 0 Å². The Bertz CT molecular complexity index is 311. The lowest BCUT2D eigenvalue weighted by molar-refractivity contribution is 0.425. The molecule has 76 valence electrons. The van der Waals surface area contributed by atoms with Crippen molar-refractivity contribution in [3.05, 3.63) is 29.8 Å². The van der Waals surface area contributed by atoms with Crippen molar-refractivity contribution < 1.29 is 10.0 Å². The first-order valence-electron chi connectivity index (χ1n) is 4.37. The molecule has 1 aromatic carbocycles. The first kappa shape index (κ1) is 11.5. The van der Waals surface area contributed by atoms with Gasteiger partial charge in [-0.05, 0) is 23.9 Å². The second kappa shape index (κ2) is 3.91. The molecular weight excluding hydrogens is 200 g/mol. The Hall–Kier alpha value is -0.545. The average molecular weight is 213 g/mol. The smallest absolute Gasteiger partial charge is 0.423 e. The summed E-state index contributed by atoms with van der Waals surface area (Å²) in [6.45, 7) is 0. The van der Waals surface area contributed by atoms with Gasteiger partial charge in [0.2, 0.25) is 0 Å². The van der Waals surface area contributed by atoms with Crippen molar-refractivity contribution in [2.75, 3.05) is 0 Å². The Kier molecular flexibility index (Phi) is 3.22. The highest BCUT2D eigenvalue weighted by atomic mass is 35.5. The molecule has 5 heteroatoms. The maximum atomic E-state index is 8.86. The zero-order valence-corrected chi connectivity index (χ0v) is 8.50. The van der Waals surface area contributed by atoms with Gasteiger partial charge in [0.1, 0.15) is 0 Å². The minimum absolute atomic E-state index is 0. The first-order chi connectivity index (χ1) is 6.12. The largest absolute Gasteiger partial charge is 0.488 e. The third-order valence-corrected chi connectivity index (χ3v) is 2.57. The molecule has 0 heterocycles. The Morgan fingerprint density at radius 2 is 1.64 bits per heavy atom. The van der Waals surface area contributed by atoms with E-state index >= 15 is 0 Å². The molecule has 2 rings (SSSR count). The van der Waals surface area contributed by atoms with Crippen LogP contribution in [0.5, 0.6) is 0 Å². The zero-order chi connectivity index (χ0) is 9.47. The monoisotopic (exact) mass is 213 g/mol. The van der Waals surface area contributed by atoms with E-state index in [0.29, 0.717) is 5.46 Å². The maximum absolute atomic E-state index is 8.86. The van der Waals surface area contributed by atoms with Gasteiger partial charge in [-0.3, -0.25) is 0 Å². The fraction of sp³-hybridized carbons (Fsp3) is 0.333. The van der Waals surface area contributed by atoms with E-state index in [-0.39, 0.29) is 17.9 Å². The Balaban J connectivity index is 0.000000980. The molecule has 1 aliphatic carbocycles. The molecule has 1 fully saturated rings. The Morgan fingerprint density at radius 1 is 1.14 bits per heavy atom. The molecule has 3 nitrogen and oxygen atoms in total. The van der Waals surface area contributed by atoms with Gasteiger partial charge in [-0.2, -0.15) is 0 Å². The van der Waals surface area contributed by atoms with Crippen molar-refractivity contribution >= 4 is 25.0 Å². The van der Waals surface area contributed by atoms with Gasteiger partial charge in [-0.15, -0.1) is 12.4 Å². The molecule has 0 spiro atoms. The highest BCUT2D eigenvalue weighted by molar-refractivity contribution is 6.58. The van der Waals surface area contributed by atoms with E-state index in [1.807, 2.05) is 12.1 Å². The number of halogens is 1. The summed E-state index contributed by atoms with van der Waals surface area (Å²) in [5, 5.41) is 17.7. The summed E-state index contributed by atoms with van der Waals surface area (Å²) in [5.41, 5.74) is 7.42. The second-order valence-electron chi connectivity index (χ2n) is 3.65. The van der Waals surface area contributed by atoms with Crippen molar-refractivity contribution in [3.63, 3.8) is 0 Å². The van der Waals surface area contributed by atoms with Crippen LogP contribution in [-0.2, 0) is 5.54 Å². The van der Waals surface area contributed by atoms with E-state index in [4.69, 9.17) is 15.8 Å². The molecule has 0 radical (unpaired) electrons. The molecule has 1 aromatic rings. The minimum atomic E-state index is -1.39. The van der Waals surface area contributed by atoms with Crippen LogP contribution in [-0.4, -0.2) is 17.2 Å². The SMILES string of the molecule is Cl.NC1(c2ccc(B(O)O)cc2)CC1. The topological polar surface area (TPSA) is 66.5 Å². The van der Waals surface area contributed by atoms with Crippen LogP contribution in [0.25, 0.3) is 0 Å². The molecule has 0 aromatic heterocycles. The number of benzene rings is 1. The van der Waals surface area contributed by atoms with Crippen molar-refractivity contribution in [1.29, 1.82) is 0 Å². The van der Waals surface area contributed by atoms with Crippen LogP contribution < -0.4 is 11.2 Å². The summed E-state index contributed by atoms with van der Waals surface area (Å²) in [6.07, 6.45) is 2.04. The van der Waals surface area contributed by atoms with Gasteiger partial charge in [-0.1, -0.05) is 24.3 Å². The predicted molar refractivity (Wildman–Crippen MR) is 58.6 cm³/mol. The molecule has 0 saturated heterocycles. The molecule has 0 bridgehead atoms. The van der Waals surface area contributed by atoms with E-state index in [1.165, 1.54) is 0 Å². The molecule has 0 atom stereocenters. The predicted octanol–water partition coefficient (Wildman–Crippen LogP) is -0.264. The van der Waals surface area contributed by atoms with E-state index in [0.717, 1.165) is 18.4 Å². The standard InChI is InChI=1S/C9H12BNO2.ClH/c11-9(5-6-9)7-1-3-8(4-2-7)10(12)13;/h1-4,12-13H,5-6,11H2;1H. The van der Waals surface area contributed by atoms with Crippen LogP contribution in [0.15, 0.2) is 24.3 Å². The van der Waals surface area contributed by atoms with Gasteiger partial charge < -0.3 is 15.8 Å². The summed E-state index contributed by atoms with van der Waals surface area (Å²) >= 11 is 0. The van der Waals surface area contributed by atoms with Gasteiger partial charge in [0.15, 0.2) is 0 Å². The molecule has 4 N–H and O–H groups in total. The lowest BCUT2D eigenvalue weighted by atomic mass is 9.79.